The second kappa shape index (κ2) is 11.2. The Kier molecular flexibility index (Phi) is 7.84. The van der Waals surface area contributed by atoms with Crippen molar-refractivity contribution < 1.29 is 9.53 Å². The fourth-order valence-electron chi connectivity index (χ4n) is 3.99. The molecule has 178 valence electrons. The molecule has 1 aliphatic rings. The molecule has 4 rings (SSSR count). The Bertz CT molecular complexity index is 1120. The van der Waals surface area contributed by atoms with E-state index < -0.39 is 0 Å². The van der Waals surface area contributed by atoms with Crippen LogP contribution in [0.2, 0.25) is 0 Å². The molecule has 1 N–H and O–H groups in total. The second-order valence-electron chi connectivity index (χ2n) is 8.04. The van der Waals surface area contributed by atoms with E-state index in [1.807, 2.05) is 35.4 Å². The fourth-order valence-corrected chi connectivity index (χ4v) is 4.45. The summed E-state index contributed by atoms with van der Waals surface area (Å²) in [7, 11) is 1.70. The summed E-state index contributed by atoms with van der Waals surface area (Å²) >= 11 is 1.72. The minimum atomic E-state index is 0.128. The first kappa shape index (κ1) is 23.8. The summed E-state index contributed by atoms with van der Waals surface area (Å²) in [6.07, 6.45) is 6.31. The molecule has 0 unspecified atom stereocenters. The number of amides is 1. The number of benzene rings is 1. The maximum atomic E-state index is 11.5. The maximum absolute atomic E-state index is 11.5. The number of thioether (sulfide) groups is 1. The van der Waals surface area contributed by atoms with Gasteiger partial charge in [0.25, 0.3) is 0 Å². The molecule has 0 bridgehead atoms. The zero-order valence-electron chi connectivity index (χ0n) is 19.8. The topological polar surface area (TPSA) is 83.5 Å². The molecule has 3 heterocycles. The molecule has 3 aromatic rings. The Morgan fingerprint density at radius 2 is 1.91 bits per heavy atom. The van der Waals surface area contributed by atoms with Gasteiger partial charge in [0.2, 0.25) is 5.91 Å². The highest BCUT2D eigenvalue weighted by Crippen LogP contribution is 2.25. The van der Waals surface area contributed by atoms with Crippen LogP contribution in [0.25, 0.3) is 11.3 Å². The number of hydrogen-bond donors (Lipinski definition) is 1. The van der Waals surface area contributed by atoms with Crippen LogP contribution in [-0.4, -0.2) is 71.8 Å². The molecule has 1 aliphatic heterocycles. The van der Waals surface area contributed by atoms with E-state index in [1.54, 1.807) is 32.1 Å². The van der Waals surface area contributed by atoms with Crippen LogP contribution in [0.3, 0.4) is 0 Å². The smallest absolute Gasteiger partial charge is 0.219 e. The number of rotatable bonds is 8. The van der Waals surface area contributed by atoms with Crippen LogP contribution in [0, 0.1) is 0 Å². The van der Waals surface area contributed by atoms with Crippen LogP contribution in [0.4, 0.5) is 11.6 Å². The lowest BCUT2D eigenvalue weighted by Gasteiger charge is -2.34. The summed E-state index contributed by atoms with van der Waals surface area (Å²) in [6, 6.07) is 12.2. The third-order valence-electron chi connectivity index (χ3n) is 5.95. The Morgan fingerprint density at radius 1 is 1.09 bits per heavy atom. The van der Waals surface area contributed by atoms with E-state index >= 15 is 0 Å². The SMILES string of the molecule is COc1ccc(SC)cc1CCNc1cc(-c2ccc(N3CCN(C(C)=O)CC3)nc2)ncn1. The van der Waals surface area contributed by atoms with Gasteiger partial charge < -0.3 is 19.9 Å². The third kappa shape index (κ3) is 5.77. The molecule has 1 amide bonds. The molecule has 0 aliphatic carbocycles. The first-order chi connectivity index (χ1) is 16.6. The number of aromatic nitrogens is 3. The van der Waals surface area contributed by atoms with E-state index in [-0.39, 0.29) is 5.91 Å². The van der Waals surface area contributed by atoms with Crippen molar-refractivity contribution in [3.05, 3.63) is 54.5 Å². The fraction of sp³-hybridized carbons (Fsp3) is 0.360. The van der Waals surface area contributed by atoms with Crippen molar-refractivity contribution in [1.29, 1.82) is 0 Å². The normalized spacial score (nSPS) is 13.6. The highest BCUT2D eigenvalue weighted by Gasteiger charge is 2.19. The minimum absolute atomic E-state index is 0.128. The molecule has 2 aromatic heterocycles. The Labute approximate surface area is 204 Å². The van der Waals surface area contributed by atoms with Gasteiger partial charge in [0.05, 0.1) is 12.8 Å². The highest BCUT2D eigenvalue weighted by molar-refractivity contribution is 7.98. The lowest BCUT2D eigenvalue weighted by molar-refractivity contribution is -0.129. The number of hydrogen-bond acceptors (Lipinski definition) is 8. The van der Waals surface area contributed by atoms with Crippen molar-refractivity contribution in [3.8, 4) is 17.0 Å². The molecule has 0 saturated carbocycles. The van der Waals surface area contributed by atoms with Gasteiger partial charge in [-0.05, 0) is 48.6 Å². The quantitative estimate of drug-likeness (QED) is 0.492. The molecular weight excluding hydrogens is 448 g/mol. The van der Waals surface area contributed by atoms with Gasteiger partial charge in [-0.25, -0.2) is 15.0 Å². The van der Waals surface area contributed by atoms with Crippen molar-refractivity contribution in [2.24, 2.45) is 0 Å². The number of nitrogens with one attached hydrogen (secondary N) is 1. The van der Waals surface area contributed by atoms with Gasteiger partial charge in [0.1, 0.15) is 23.7 Å². The molecule has 1 aromatic carbocycles. The highest BCUT2D eigenvalue weighted by atomic mass is 32.2. The summed E-state index contributed by atoms with van der Waals surface area (Å²) in [5, 5.41) is 3.39. The molecule has 0 spiro atoms. The summed E-state index contributed by atoms with van der Waals surface area (Å²) in [6.45, 7) is 5.39. The van der Waals surface area contributed by atoms with Crippen molar-refractivity contribution >= 4 is 29.3 Å². The van der Waals surface area contributed by atoms with Gasteiger partial charge >= 0.3 is 0 Å². The molecule has 1 fully saturated rings. The van der Waals surface area contributed by atoms with Crippen LogP contribution in [0.15, 0.2) is 53.8 Å². The summed E-state index contributed by atoms with van der Waals surface area (Å²) in [5.74, 6) is 2.72. The zero-order chi connectivity index (χ0) is 23.9. The molecular formula is C25H30N6O2S. The van der Waals surface area contributed by atoms with Gasteiger partial charge in [0.15, 0.2) is 0 Å². The van der Waals surface area contributed by atoms with Crippen LogP contribution in [0.5, 0.6) is 5.75 Å². The Balaban J connectivity index is 1.37. The monoisotopic (exact) mass is 478 g/mol. The van der Waals surface area contributed by atoms with E-state index in [0.29, 0.717) is 0 Å². The van der Waals surface area contributed by atoms with E-state index in [0.717, 1.165) is 67.8 Å². The molecule has 0 atom stereocenters. The van der Waals surface area contributed by atoms with Crippen LogP contribution < -0.4 is 15.0 Å². The summed E-state index contributed by atoms with van der Waals surface area (Å²) in [4.78, 5) is 30.3. The number of ether oxygens (including phenoxy) is 1. The van der Waals surface area contributed by atoms with E-state index in [1.165, 1.54) is 10.5 Å². The third-order valence-corrected chi connectivity index (χ3v) is 6.67. The number of nitrogens with zero attached hydrogens (tertiary/aromatic N) is 5. The number of methoxy groups -OCH3 is 1. The first-order valence-corrected chi connectivity index (χ1v) is 12.5. The average Bonchev–Trinajstić information content (AvgIpc) is 2.89. The van der Waals surface area contributed by atoms with Crippen molar-refractivity contribution in [1.82, 2.24) is 19.9 Å². The van der Waals surface area contributed by atoms with Gasteiger partial charge in [-0.2, -0.15) is 0 Å². The van der Waals surface area contributed by atoms with Gasteiger partial charge in [-0.1, -0.05) is 0 Å². The van der Waals surface area contributed by atoms with Crippen molar-refractivity contribution in [2.75, 3.05) is 56.3 Å². The van der Waals surface area contributed by atoms with Crippen LogP contribution in [-0.2, 0) is 11.2 Å². The zero-order valence-corrected chi connectivity index (χ0v) is 20.6. The molecule has 34 heavy (non-hydrogen) atoms. The molecule has 9 heteroatoms. The molecule has 8 nitrogen and oxygen atoms in total. The Hall–Kier alpha value is -3.33. The van der Waals surface area contributed by atoms with Crippen molar-refractivity contribution in [3.63, 3.8) is 0 Å². The minimum Gasteiger partial charge on any atom is -0.496 e. The van der Waals surface area contributed by atoms with Gasteiger partial charge in [-0.15, -0.1) is 11.8 Å². The standard InChI is InChI=1S/C25H30N6O2S/c1-18(32)30-10-12-31(13-11-30)25-7-4-20(16-27-25)22-15-24(29-17-28-22)26-9-8-19-14-21(34-3)5-6-23(19)33-2/h4-7,14-17H,8-13H2,1-3H3,(H,26,28,29). The number of pyridine rings is 1. The lowest BCUT2D eigenvalue weighted by atomic mass is 10.1. The van der Waals surface area contributed by atoms with Gasteiger partial charge in [0, 0.05) is 62.4 Å². The second-order valence-corrected chi connectivity index (χ2v) is 8.92. The number of carbonyl (C=O) groups is 1. The largest absolute Gasteiger partial charge is 0.496 e. The number of anilines is 2. The van der Waals surface area contributed by atoms with E-state index in [2.05, 4.69) is 43.6 Å². The van der Waals surface area contributed by atoms with Gasteiger partial charge in [-0.3, -0.25) is 4.79 Å². The lowest BCUT2D eigenvalue weighted by Crippen LogP contribution is -2.48. The first-order valence-electron chi connectivity index (χ1n) is 11.3. The predicted octanol–water partition coefficient (Wildman–Crippen LogP) is 3.59. The number of carbonyl (C=O) groups excluding carboxylic acids is 1. The Morgan fingerprint density at radius 3 is 2.59 bits per heavy atom. The van der Waals surface area contributed by atoms with E-state index in [9.17, 15) is 4.79 Å². The predicted molar refractivity (Wildman–Crippen MR) is 137 cm³/mol. The average molecular weight is 479 g/mol. The summed E-state index contributed by atoms with van der Waals surface area (Å²) < 4.78 is 5.50. The van der Waals surface area contributed by atoms with Crippen LogP contribution in [0.1, 0.15) is 12.5 Å². The maximum Gasteiger partial charge on any atom is 0.219 e. The van der Waals surface area contributed by atoms with Crippen LogP contribution >= 0.6 is 11.8 Å². The molecule has 1 saturated heterocycles. The van der Waals surface area contributed by atoms with Crippen molar-refractivity contribution in [2.45, 2.75) is 18.2 Å². The molecule has 0 radical (unpaired) electrons. The summed E-state index contributed by atoms with van der Waals surface area (Å²) in [5.41, 5.74) is 2.92. The number of piperazine rings is 1. The van der Waals surface area contributed by atoms with E-state index in [4.69, 9.17) is 4.74 Å².